The number of hydrogen-bond acceptors (Lipinski definition) is 4. The van der Waals surface area contributed by atoms with Gasteiger partial charge < -0.3 is 4.74 Å². The minimum absolute atomic E-state index is 0.316. The smallest absolute Gasteiger partial charge is 0.166 e. The maximum absolute atomic E-state index is 8.92. The van der Waals surface area contributed by atoms with Gasteiger partial charge in [0.05, 0.1) is 7.11 Å². The highest BCUT2D eigenvalue weighted by molar-refractivity contribution is 5.65. The summed E-state index contributed by atoms with van der Waals surface area (Å²) in [7, 11) is 1.60. The fraction of sp³-hybridized carbons (Fsp3) is 0.0833. The van der Waals surface area contributed by atoms with Crippen LogP contribution in [0.3, 0.4) is 0 Å². The van der Waals surface area contributed by atoms with E-state index in [1.54, 1.807) is 13.3 Å². The summed E-state index contributed by atoms with van der Waals surface area (Å²) >= 11 is 0. The highest BCUT2D eigenvalue weighted by Crippen LogP contribution is 2.23. The van der Waals surface area contributed by atoms with Gasteiger partial charge >= 0.3 is 0 Å². The topological polar surface area (TPSA) is 58.8 Å². The van der Waals surface area contributed by atoms with Crippen LogP contribution < -0.4 is 4.74 Å². The van der Waals surface area contributed by atoms with Crippen LogP contribution in [0.2, 0.25) is 0 Å². The zero-order valence-corrected chi connectivity index (χ0v) is 8.71. The summed E-state index contributed by atoms with van der Waals surface area (Å²) in [4.78, 5) is 8.12. The van der Waals surface area contributed by atoms with Gasteiger partial charge in [0.2, 0.25) is 0 Å². The number of aromatic nitrogens is 2. The Morgan fingerprint density at radius 3 is 2.81 bits per heavy atom. The molecular formula is C12H9N3O. The lowest BCUT2D eigenvalue weighted by atomic mass is 10.1. The molecule has 4 nitrogen and oxygen atoms in total. The van der Waals surface area contributed by atoms with E-state index in [0.717, 1.165) is 11.3 Å². The zero-order chi connectivity index (χ0) is 11.4. The minimum atomic E-state index is 0.316. The predicted octanol–water partition coefficient (Wildman–Crippen LogP) is 2.02. The van der Waals surface area contributed by atoms with Gasteiger partial charge in [-0.05, 0) is 12.1 Å². The Hall–Kier alpha value is -2.41. The van der Waals surface area contributed by atoms with Crippen molar-refractivity contribution in [3.63, 3.8) is 0 Å². The molecular weight excluding hydrogens is 202 g/mol. The standard InChI is InChI=1S/C12H9N3O/c1-16-10-4-2-3-9(7-10)12-11(8-13)14-5-6-15-12/h2-7H,1H3. The van der Waals surface area contributed by atoms with Gasteiger partial charge in [-0.2, -0.15) is 5.26 Å². The van der Waals surface area contributed by atoms with Crippen molar-refractivity contribution in [1.29, 1.82) is 5.26 Å². The fourth-order valence-electron chi connectivity index (χ4n) is 1.40. The lowest BCUT2D eigenvalue weighted by molar-refractivity contribution is 0.415. The highest BCUT2D eigenvalue weighted by atomic mass is 16.5. The van der Waals surface area contributed by atoms with Gasteiger partial charge in [0, 0.05) is 18.0 Å². The molecule has 0 spiro atoms. The Morgan fingerprint density at radius 1 is 1.25 bits per heavy atom. The van der Waals surface area contributed by atoms with E-state index in [1.165, 1.54) is 6.20 Å². The number of nitriles is 1. The predicted molar refractivity (Wildman–Crippen MR) is 58.7 cm³/mol. The van der Waals surface area contributed by atoms with E-state index in [1.807, 2.05) is 30.3 Å². The van der Waals surface area contributed by atoms with Crippen molar-refractivity contribution in [2.45, 2.75) is 0 Å². The Bertz CT molecular complexity index is 546. The molecule has 1 aromatic heterocycles. The van der Waals surface area contributed by atoms with Crippen LogP contribution in [0.4, 0.5) is 0 Å². The summed E-state index contributed by atoms with van der Waals surface area (Å²) in [5, 5.41) is 8.92. The van der Waals surface area contributed by atoms with Crippen LogP contribution in [0.1, 0.15) is 5.69 Å². The Kier molecular flexibility index (Phi) is 2.79. The molecule has 0 N–H and O–H groups in total. The van der Waals surface area contributed by atoms with Crippen molar-refractivity contribution in [3.8, 4) is 23.1 Å². The van der Waals surface area contributed by atoms with Gasteiger partial charge in [0.1, 0.15) is 17.5 Å². The molecule has 0 radical (unpaired) electrons. The van der Waals surface area contributed by atoms with Crippen LogP contribution in [-0.4, -0.2) is 17.1 Å². The first-order chi connectivity index (χ1) is 7.85. The van der Waals surface area contributed by atoms with Crippen LogP contribution in [0, 0.1) is 11.3 Å². The van der Waals surface area contributed by atoms with Gasteiger partial charge in [0.25, 0.3) is 0 Å². The van der Waals surface area contributed by atoms with Crippen LogP contribution in [0.25, 0.3) is 11.3 Å². The van der Waals surface area contributed by atoms with E-state index in [4.69, 9.17) is 10.00 Å². The summed E-state index contributed by atoms with van der Waals surface area (Å²) in [6, 6.07) is 9.40. The van der Waals surface area contributed by atoms with E-state index in [-0.39, 0.29) is 0 Å². The first-order valence-corrected chi connectivity index (χ1v) is 4.70. The second kappa shape index (κ2) is 4.41. The quantitative estimate of drug-likeness (QED) is 0.762. The normalized spacial score (nSPS) is 9.50. The monoisotopic (exact) mass is 211 g/mol. The third-order valence-corrected chi connectivity index (χ3v) is 2.15. The molecule has 0 aliphatic carbocycles. The van der Waals surface area contributed by atoms with E-state index in [9.17, 15) is 0 Å². The molecule has 4 heteroatoms. The van der Waals surface area contributed by atoms with Crippen molar-refractivity contribution in [2.24, 2.45) is 0 Å². The Labute approximate surface area is 93.2 Å². The molecule has 0 saturated carbocycles. The van der Waals surface area contributed by atoms with E-state index >= 15 is 0 Å². The lowest BCUT2D eigenvalue weighted by Crippen LogP contribution is -1.92. The molecule has 78 valence electrons. The van der Waals surface area contributed by atoms with Crippen molar-refractivity contribution in [3.05, 3.63) is 42.4 Å². The first kappa shape index (κ1) is 10.1. The average molecular weight is 211 g/mol. The van der Waals surface area contributed by atoms with Crippen molar-refractivity contribution >= 4 is 0 Å². The number of methoxy groups -OCH3 is 1. The van der Waals surface area contributed by atoms with Gasteiger partial charge in [-0.15, -0.1) is 0 Å². The molecule has 0 atom stereocenters. The van der Waals surface area contributed by atoms with Crippen LogP contribution >= 0.6 is 0 Å². The summed E-state index contributed by atoms with van der Waals surface area (Å²) < 4.78 is 5.12. The molecule has 2 rings (SSSR count). The maximum Gasteiger partial charge on any atom is 0.166 e. The number of benzene rings is 1. The third kappa shape index (κ3) is 1.84. The van der Waals surface area contributed by atoms with Crippen LogP contribution in [0.5, 0.6) is 5.75 Å². The summed E-state index contributed by atoms with van der Waals surface area (Å²) in [5.74, 6) is 0.729. The number of nitrogens with zero attached hydrogens (tertiary/aromatic N) is 3. The van der Waals surface area contributed by atoms with Gasteiger partial charge in [-0.1, -0.05) is 12.1 Å². The molecule has 2 aromatic rings. The largest absolute Gasteiger partial charge is 0.497 e. The van der Waals surface area contributed by atoms with Crippen molar-refractivity contribution in [1.82, 2.24) is 9.97 Å². The Morgan fingerprint density at radius 2 is 2.06 bits per heavy atom. The van der Waals surface area contributed by atoms with Crippen LogP contribution in [0.15, 0.2) is 36.7 Å². The van der Waals surface area contributed by atoms with Gasteiger partial charge in [0.15, 0.2) is 5.69 Å². The molecule has 0 fully saturated rings. The van der Waals surface area contributed by atoms with Gasteiger partial charge in [-0.25, -0.2) is 4.98 Å². The van der Waals surface area contributed by atoms with Crippen molar-refractivity contribution < 1.29 is 4.74 Å². The molecule has 0 saturated heterocycles. The van der Waals surface area contributed by atoms with Gasteiger partial charge in [-0.3, -0.25) is 4.98 Å². The molecule has 1 heterocycles. The number of ether oxygens (including phenoxy) is 1. The van der Waals surface area contributed by atoms with E-state index < -0.39 is 0 Å². The average Bonchev–Trinajstić information content (AvgIpc) is 2.38. The molecule has 0 bridgehead atoms. The zero-order valence-electron chi connectivity index (χ0n) is 8.71. The fourth-order valence-corrected chi connectivity index (χ4v) is 1.40. The van der Waals surface area contributed by atoms with Crippen LogP contribution in [-0.2, 0) is 0 Å². The molecule has 0 unspecified atom stereocenters. The molecule has 0 aliphatic rings. The molecule has 16 heavy (non-hydrogen) atoms. The number of hydrogen-bond donors (Lipinski definition) is 0. The second-order valence-electron chi connectivity index (χ2n) is 3.10. The Balaban J connectivity index is 2.55. The highest BCUT2D eigenvalue weighted by Gasteiger charge is 2.07. The second-order valence-corrected chi connectivity index (χ2v) is 3.10. The third-order valence-electron chi connectivity index (χ3n) is 2.15. The number of rotatable bonds is 2. The summed E-state index contributed by atoms with van der Waals surface area (Å²) in [6.07, 6.45) is 3.07. The molecule has 0 amide bonds. The first-order valence-electron chi connectivity index (χ1n) is 4.70. The summed E-state index contributed by atoms with van der Waals surface area (Å²) in [6.45, 7) is 0. The maximum atomic E-state index is 8.92. The van der Waals surface area contributed by atoms with Crippen molar-refractivity contribution in [2.75, 3.05) is 7.11 Å². The van der Waals surface area contributed by atoms with E-state index in [2.05, 4.69) is 9.97 Å². The minimum Gasteiger partial charge on any atom is -0.497 e. The van der Waals surface area contributed by atoms with E-state index in [0.29, 0.717) is 11.4 Å². The lowest BCUT2D eigenvalue weighted by Gasteiger charge is -2.04. The summed E-state index contributed by atoms with van der Waals surface area (Å²) in [5.41, 5.74) is 1.71. The molecule has 0 aliphatic heterocycles. The molecule has 1 aromatic carbocycles. The SMILES string of the molecule is COc1cccc(-c2nccnc2C#N)c1.